The van der Waals surface area contributed by atoms with Gasteiger partial charge in [-0.2, -0.15) is 0 Å². The molecule has 0 atom stereocenters. The molecule has 0 bridgehead atoms. The Morgan fingerprint density at radius 2 is 1.70 bits per heavy atom. The summed E-state index contributed by atoms with van der Waals surface area (Å²) in [7, 11) is 2.19. The number of rotatable bonds is 6. The van der Waals surface area contributed by atoms with Crippen LogP contribution in [-0.4, -0.2) is 31.4 Å². The van der Waals surface area contributed by atoms with Crippen LogP contribution in [0.25, 0.3) is 0 Å². The zero-order valence-electron chi connectivity index (χ0n) is 17.8. The van der Waals surface area contributed by atoms with E-state index in [0.29, 0.717) is 24.6 Å². The molecule has 158 valence electrons. The van der Waals surface area contributed by atoms with Crippen LogP contribution in [0.15, 0.2) is 48.5 Å². The number of hydrogen-bond donors (Lipinski definition) is 1. The van der Waals surface area contributed by atoms with Crippen LogP contribution in [0.4, 0.5) is 11.4 Å². The average Bonchev–Trinajstić information content (AvgIpc) is 3.24. The molecule has 4 rings (SSSR count). The minimum Gasteiger partial charge on any atom is -0.372 e. The summed E-state index contributed by atoms with van der Waals surface area (Å²) >= 11 is 0. The van der Waals surface area contributed by atoms with Gasteiger partial charge in [-0.25, -0.2) is 0 Å². The van der Waals surface area contributed by atoms with Crippen molar-refractivity contribution in [3.8, 4) is 0 Å². The van der Waals surface area contributed by atoms with Gasteiger partial charge < -0.3 is 15.1 Å². The Morgan fingerprint density at radius 1 is 1.00 bits per heavy atom. The lowest BCUT2D eigenvalue weighted by Gasteiger charge is -2.33. The molecule has 0 spiro atoms. The van der Waals surface area contributed by atoms with Gasteiger partial charge in [0.05, 0.1) is 0 Å². The minimum absolute atomic E-state index is 0.0994. The molecule has 2 aromatic rings. The minimum atomic E-state index is -0.0994. The van der Waals surface area contributed by atoms with Crippen LogP contribution in [0.1, 0.15) is 60.9 Å². The first kappa shape index (κ1) is 20.5. The summed E-state index contributed by atoms with van der Waals surface area (Å²) in [5.41, 5.74) is 3.80. The summed E-state index contributed by atoms with van der Waals surface area (Å²) in [5, 5.41) is 2.99. The van der Waals surface area contributed by atoms with Crippen molar-refractivity contribution in [3.05, 3.63) is 59.7 Å². The summed E-state index contributed by atoms with van der Waals surface area (Å²) in [6, 6.07) is 16.4. The molecule has 2 amide bonds. The van der Waals surface area contributed by atoms with Crippen molar-refractivity contribution < 1.29 is 9.59 Å². The van der Waals surface area contributed by atoms with Gasteiger partial charge in [0.2, 0.25) is 5.91 Å². The van der Waals surface area contributed by atoms with Crippen molar-refractivity contribution in [2.75, 3.05) is 23.4 Å². The Labute approximate surface area is 179 Å². The molecule has 5 nitrogen and oxygen atoms in total. The highest BCUT2D eigenvalue weighted by Gasteiger charge is 2.22. The topological polar surface area (TPSA) is 52.7 Å². The van der Waals surface area contributed by atoms with Gasteiger partial charge in [-0.3, -0.25) is 9.59 Å². The number of anilines is 2. The number of amides is 2. The van der Waals surface area contributed by atoms with Gasteiger partial charge in [-0.1, -0.05) is 31.4 Å². The number of nitrogens with zero attached hydrogens (tertiary/aromatic N) is 2. The molecule has 1 N–H and O–H groups in total. The van der Waals surface area contributed by atoms with E-state index in [1.165, 1.54) is 37.8 Å². The van der Waals surface area contributed by atoms with Gasteiger partial charge in [-0.15, -0.1) is 0 Å². The molecule has 0 unspecified atom stereocenters. The van der Waals surface area contributed by atoms with Gasteiger partial charge in [0.25, 0.3) is 5.91 Å². The highest BCUT2D eigenvalue weighted by Crippen LogP contribution is 2.26. The van der Waals surface area contributed by atoms with Crippen molar-refractivity contribution in [1.82, 2.24) is 5.32 Å². The second-order valence-corrected chi connectivity index (χ2v) is 8.45. The van der Waals surface area contributed by atoms with E-state index in [2.05, 4.69) is 41.5 Å². The molecule has 1 heterocycles. The first-order chi connectivity index (χ1) is 14.6. The number of hydrogen-bond acceptors (Lipinski definition) is 3. The number of carbonyl (C=O) groups excluding carboxylic acids is 2. The van der Waals surface area contributed by atoms with E-state index in [1.54, 1.807) is 17.0 Å². The first-order valence-corrected chi connectivity index (χ1v) is 11.1. The maximum Gasteiger partial charge on any atom is 0.251 e. The predicted molar refractivity (Wildman–Crippen MR) is 121 cm³/mol. The van der Waals surface area contributed by atoms with Gasteiger partial charge in [0.15, 0.2) is 0 Å². The van der Waals surface area contributed by atoms with E-state index in [1.807, 2.05) is 12.1 Å². The lowest BCUT2D eigenvalue weighted by Crippen LogP contribution is -2.33. The summed E-state index contributed by atoms with van der Waals surface area (Å²) in [4.78, 5) is 28.5. The molecule has 2 fully saturated rings. The molecule has 2 aromatic carbocycles. The third kappa shape index (κ3) is 4.66. The molecule has 0 radical (unpaired) electrons. The molecular weight excluding hydrogens is 374 g/mol. The normalized spacial score (nSPS) is 17.2. The molecule has 2 aliphatic rings. The Balaban J connectivity index is 1.30. The third-order valence-electron chi connectivity index (χ3n) is 6.43. The fourth-order valence-corrected chi connectivity index (χ4v) is 4.53. The van der Waals surface area contributed by atoms with E-state index in [9.17, 15) is 9.59 Å². The third-order valence-corrected chi connectivity index (χ3v) is 6.43. The van der Waals surface area contributed by atoms with E-state index in [0.717, 1.165) is 24.2 Å². The Bertz CT molecular complexity index is 870. The Hall–Kier alpha value is -2.82. The maximum atomic E-state index is 12.5. The smallest absolute Gasteiger partial charge is 0.251 e. The second-order valence-electron chi connectivity index (χ2n) is 8.45. The number of carbonyl (C=O) groups is 2. The molecule has 0 aromatic heterocycles. The van der Waals surface area contributed by atoms with Crippen LogP contribution < -0.4 is 15.1 Å². The van der Waals surface area contributed by atoms with Crippen LogP contribution in [0, 0.1) is 0 Å². The van der Waals surface area contributed by atoms with Gasteiger partial charge in [-0.05, 0) is 61.2 Å². The summed E-state index contributed by atoms with van der Waals surface area (Å²) in [5.74, 6) is 0.0579. The zero-order valence-corrected chi connectivity index (χ0v) is 17.8. The second kappa shape index (κ2) is 9.33. The van der Waals surface area contributed by atoms with E-state index < -0.39 is 0 Å². The monoisotopic (exact) mass is 405 g/mol. The molecule has 1 aliphatic heterocycles. The van der Waals surface area contributed by atoms with Crippen LogP contribution in [-0.2, 0) is 11.3 Å². The van der Waals surface area contributed by atoms with Crippen molar-refractivity contribution in [2.24, 2.45) is 0 Å². The van der Waals surface area contributed by atoms with Crippen molar-refractivity contribution in [1.29, 1.82) is 0 Å². The SMILES string of the molecule is CN(c1ccc(CNC(=O)c2ccc(N3CCCC3=O)cc2)cc1)C1CCCCC1. The molecule has 1 aliphatic carbocycles. The molecule has 30 heavy (non-hydrogen) atoms. The van der Waals surface area contributed by atoms with Crippen molar-refractivity contribution in [3.63, 3.8) is 0 Å². The Kier molecular flexibility index (Phi) is 6.36. The Morgan fingerprint density at radius 3 is 2.33 bits per heavy atom. The zero-order chi connectivity index (χ0) is 20.9. The fraction of sp³-hybridized carbons (Fsp3) is 0.440. The van der Waals surface area contributed by atoms with Crippen LogP contribution in [0.3, 0.4) is 0 Å². The summed E-state index contributed by atoms with van der Waals surface area (Å²) in [6.45, 7) is 1.26. The van der Waals surface area contributed by atoms with Crippen LogP contribution >= 0.6 is 0 Å². The quantitative estimate of drug-likeness (QED) is 0.769. The largest absolute Gasteiger partial charge is 0.372 e. The van der Waals surface area contributed by atoms with Crippen LogP contribution in [0.5, 0.6) is 0 Å². The molecule has 1 saturated heterocycles. The van der Waals surface area contributed by atoms with Crippen LogP contribution in [0.2, 0.25) is 0 Å². The van der Waals surface area contributed by atoms with E-state index in [-0.39, 0.29) is 11.8 Å². The van der Waals surface area contributed by atoms with E-state index >= 15 is 0 Å². The standard InChI is InChI=1S/C25H31N3O2/c1-27(21-6-3-2-4-7-21)22-13-9-19(10-14-22)18-26-25(30)20-11-15-23(16-12-20)28-17-5-8-24(28)29/h9-16,21H,2-8,17-18H2,1H3,(H,26,30). The summed E-state index contributed by atoms with van der Waals surface area (Å²) in [6.07, 6.45) is 8.08. The van der Waals surface area contributed by atoms with Crippen molar-refractivity contribution in [2.45, 2.75) is 57.5 Å². The number of benzene rings is 2. The average molecular weight is 406 g/mol. The molecular formula is C25H31N3O2. The maximum absolute atomic E-state index is 12.5. The first-order valence-electron chi connectivity index (χ1n) is 11.1. The fourth-order valence-electron chi connectivity index (χ4n) is 4.53. The lowest BCUT2D eigenvalue weighted by molar-refractivity contribution is -0.117. The summed E-state index contributed by atoms with van der Waals surface area (Å²) < 4.78 is 0. The molecule has 5 heteroatoms. The molecule has 1 saturated carbocycles. The highest BCUT2D eigenvalue weighted by molar-refractivity contribution is 5.97. The number of nitrogens with one attached hydrogen (secondary N) is 1. The van der Waals surface area contributed by atoms with Gasteiger partial charge in [0, 0.05) is 49.5 Å². The van der Waals surface area contributed by atoms with E-state index in [4.69, 9.17) is 0 Å². The van der Waals surface area contributed by atoms with Gasteiger partial charge >= 0.3 is 0 Å². The predicted octanol–water partition coefficient (Wildman–Crippen LogP) is 4.51. The van der Waals surface area contributed by atoms with Crippen molar-refractivity contribution >= 4 is 23.2 Å². The van der Waals surface area contributed by atoms with Gasteiger partial charge in [0.1, 0.15) is 0 Å². The lowest BCUT2D eigenvalue weighted by atomic mass is 9.94. The highest BCUT2D eigenvalue weighted by atomic mass is 16.2.